The smallest absolute Gasteiger partial charge is 0.290 e. The van der Waals surface area contributed by atoms with Gasteiger partial charge in [0.25, 0.3) is 11.1 Å². The fourth-order valence-corrected chi connectivity index (χ4v) is 5.48. The molecule has 222 valence electrons. The maximum absolute atomic E-state index is 15.3. The van der Waals surface area contributed by atoms with Crippen molar-refractivity contribution >= 4 is 22.3 Å². The van der Waals surface area contributed by atoms with Gasteiger partial charge in [-0.2, -0.15) is 14.9 Å². The van der Waals surface area contributed by atoms with Crippen molar-refractivity contribution in [1.82, 2.24) is 29.8 Å². The molecule has 12 heteroatoms. The van der Waals surface area contributed by atoms with Gasteiger partial charge in [0.1, 0.15) is 23.2 Å². The topological polar surface area (TPSA) is 130 Å². The van der Waals surface area contributed by atoms with E-state index in [0.717, 1.165) is 22.6 Å². The van der Waals surface area contributed by atoms with Crippen LogP contribution in [-0.2, 0) is 19.1 Å². The Morgan fingerprint density at radius 1 is 1.16 bits per heavy atom. The van der Waals surface area contributed by atoms with Crippen molar-refractivity contribution in [2.75, 3.05) is 18.4 Å². The number of nitrogens with zero attached hydrogens (tertiary/aromatic N) is 6. The van der Waals surface area contributed by atoms with Crippen LogP contribution in [0.2, 0.25) is 0 Å². The number of hydrogen-bond acceptors (Lipinski definition) is 9. The molecule has 0 saturated carbocycles. The lowest BCUT2D eigenvalue weighted by Gasteiger charge is -2.30. The first-order valence-electron chi connectivity index (χ1n) is 14.0. The standard InChI is InChI=1S/C31H33FN8O3/c1-17-12-33-14-27-36-26(15-39(17)27)35-24-11-23(37-38(5)29(24)42)20-7-6-8-25(21(20)16-41)40-30(43)28-18(13-34-40)9-19(10-22(28)32)31(2,3)4/h6-11,13-14,17,33,41H,12,15-16H2,1-5H3,(H,35,36). The first-order valence-corrected chi connectivity index (χ1v) is 14.0. The van der Waals surface area contributed by atoms with Gasteiger partial charge in [-0.25, -0.2) is 14.1 Å². The number of aryl methyl sites for hydroxylation is 1. The van der Waals surface area contributed by atoms with Gasteiger partial charge in [-0.15, -0.1) is 0 Å². The molecule has 0 spiro atoms. The predicted molar refractivity (Wildman–Crippen MR) is 164 cm³/mol. The normalized spacial score (nSPS) is 16.5. The van der Waals surface area contributed by atoms with Gasteiger partial charge < -0.3 is 20.6 Å². The summed E-state index contributed by atoms with van der Waals surface area (Å²) in [5.74, 6) is 0.783. The van der Waals surface area contributed by atoms with E-state index in [-0.39, 0.29) is 33.8 Å². The molecular formula is C31H33FN8O3. The van der Waals surface area contributed by atoms with Gasteiger partial charge in [0.15, 0.2) is 0 Å². The summed E-state index contributed by atoms with van der Waals surface area (Å²) in [6, 6.07) is 10.1. The number of aromatic nitrogens is 4. The van der Waals surface area contributed by atoms with E-state index in [0.29, 0.717) is 34.6 Å². The number of amidine groups is 1. The highest BCUT2D eigenvalue weighted by Crippen LogP contribution is 2.30. The second-order valence-electron chi connectivity index (χ2n) is 11.9. The van der Waals surface area contributed by atoms with Crippen LogP contribution in [0.1, 0.15) is 38.8 Å². The molecule has 11 nitrogen and oxygen atoms in total. The van der Waals surface area contributed by atoms with Crippen molar-refractivity contribution in [2.45, 2.75) is 45.8 Å². The number of nitrogens with one attached hydrogen (secondary N) is 2. The van der Waals surface area contributed by atoms with Crippen molar-refractivity contribution in [3.63, 3.8) is 0 Å². The summed E-state index contributed by atoms with van der Waals surface area (Å²) in [4.78, 5) is 33.4. The first kappa shape index (κ1) is 28.3. The Labute approximate surface area is 247 Å². The van der Waals surface area contributed by atoms with Gasteiger partial charge in [-0.3, -0.25) is 9.59 Å². The highest BCUT2D eigenvalue weighted by molar-refractivity contribution is 5.99. The summed E-state index contributed by atoms with van der Waals surface area (Å²) in [6.45, 7) is 8.87. The summed E-state index contributed by atoms with van der Waals surface area (Å²) in [6.07, 6.45) is 3.30. The molecule has 2 aliphatic heterocycles. The lowest BCUT2D eigenvalue weighted by molar-refractivity contribution is 0.281. The molecule has 0 aliphatic carbocycles. The van der Waals surface area contributed by atoms with E-state index >= 15 is 4.39 Å². The molecule has 43 heavy (non-hydrogen) atoms. The van der Waals surface area contributed by atoms with Crippen LogP contribution in [0.4, 0.5) is 10.1 Å². The van der Waals surface area contributed by atoms with Gasteiger partial charge in [0.2, 0.25) is 0 Å². The Balaban J connectivity index is 1.42. The summed E-state index contributed by atoms with van der Waals surface area (Å²) in [5, 5.41) is 26.0. The van der Waals surface area contributed by atoms with Crippen molar-refractivity contribution in [3.8, 4) is 16.9 Å². The van der Waals surface area contributed by atoms with Crippen LogP contribution >= 0.6 is 0 Å². The second kappa shape index (κ2) is 10.5. The fraction of sp³-hybridized carbons (Fsp3) is 0.323. The minimum atomic E-state index is -0.646. The van der Waals surface area contributed by atoms with E-state index in [1.807, 2.05) is 27.0 Å². The number of hydrogen-bond donors (Lipinski definition) is 3. The Hall–Kier alpha value is -4.84. The highest BCUT2D eigenvalue weighted by Gasteiger charge is 2.28. The van der Waals surface area contributed by atoms with E-state index in [2.05, 4.69) is 37.6 Å². The van der Waals surface area contributed by atoms with E-state index < -0.39 is 18.0 Å². The Bertz CT molecular complexity index is 1950. The molecule has 2 aliphatic rings. The molecular weight excluding hydrogens is 551 g/mol. The summed E-state index contributed by atoms with van der Waals surface area (Å²) in [7, 11) is 1.54. The molecule has 4 aromatic rings. The number of aliphatic hydroxyl groups is 1. The molecule has 6 rings (SSSR count). The van der Waals surface area contributed by atoms with Crippen molar-refractivity contribution in [1.29, 1.82) is 0 Å². The van der Waals surface area contributed by atoms with Crippen molar-refractivity contribution in [3.05, 3.63) is 92.3 Å². The zero-order chi connectivity index (χ0) is 30.6. The van der Waals surface area contributed by atoms with Crippen LogP contribution in [0.5, 0.6) is 0 Å². The third-order valence-electron chi connectivity index (χ3n) is 7.90. The number of aliphatic hydroxyl groups excluding tert-OH is 1. The maximum Gasteiger partial charge on any atom is 0.290 e. The molecule has 0 radical (unpaired) electrons. The van der Waals surface area contributed by atoms with E-state index in [1.54, 1.807) is 30.3 Å². The summed E-state index contributed by atoms with van der Waals surface area (Å²) >= 11 is 0. The summed E-state index contributed by atoms with van der Waals surface area (Å²) < 4.78 is 17.6. The molecule has 1 unspecified atom stereocenters. The average molecular weight is 585 g/mol. The molecule has 0 amide bonds. The molecule has 0 bridgehead atoms. The number of benzene rings is 2. The quantitative estimate of drug-likeness (QED) is 0.334. The van der Waals surface area contributed by atoms with Crippen LogP contribution in [-0.4, -0.2) is 54.5 Å². The van der Waals surface area contributed by atoms with E-state index in [1.165, 1.54) is 24.0 Å². The molecule has 2 aromatic carbocycles. The Morgan fingerprint density at radius 2 is 1.95 bits per heavy atom. The molecule has 3 N–H and O–H groups in total. The van der Waals surface area contributed by atoms with Crippen molar-refractivity contribution in [2.24, 2.45) is 12.0 Å². The third-order valence-corrected chi connectivity index (χ3v) is 7.90. The molecule has 0 fully saturated rings. The minimum absolute atomic E-state index is 0.0858. The Kier molecular flexibility index (Phi) is 6.88. The van der Waals surface area contributed by atoms with Gasteiger partial charge in [0.05, 0.1) is 36.1 Å². The lowest BCUT2D eigenvalue weighted by atomic mass is 9.86. The Morgan fingerprint density at radius 3 is 2.67 bits per heavy atom. The number of aliphatic imine (C=N–C) groups is 1. The number of halogens is 1. The van der Waals surface area contributed by atoms with Crippen LogP contribution in [0.25, 0.3) is 27.7 Å². The van der Waals surface area contributed by atoms with Crippen LogP contribution in [0.3, 0.4) is 0 Å². The number of fused-ring (bicyclic) bond motifs is 2. The zero-order valence-corrected chi connectivity index (χ0v) is 24.6. The minimum Gasteiger partial charge on any atom is -0.392 e. The van der Waals surface area contributed by atoms with Gasteiger partial charge >= 0.3 is 0 Å². The van der Waals surface area contributed by atoms with E-state index in [4.69, 9.17) is 0 Å². The largest absolute Gasteiger partial charge is 0.392 e. The van der Waals surface area contributed by atoms with Crippen LogP contribution in [0.15, 0.2) is 69.2 Å². The highest BCUT2D eigenvalue weighted by atomic mass is 19.1. The van der Waals surface area contributed by atoms with Crippen LogP contribution in [0, 0.1) is 5.82 Å². The molecule has 4 heterocycles. The van der Waals surface area contributed by atoms with Gasteiger partial charge in [-0.05, 0) is 42.2 Å². The SMILES string of the molecule is CC1CNC=C2N=C(Nc3cc(-c4cccc(-n5ncc6cc(C(C)(C)C)cc(F)c6c5=O)c4CO)nn(C)c3=O)CN21. The van der Waals surface area contributed by atoms with E-state index in [9.17, 15) is 14.7 Å². The lowest BCUT2D eigenvalue weighted by Crippen LogP contribution is -2.42. The second-order valence-corrected chi connectivity index (χ2v) is 11.9. The average Bonchev–Trinajstić information content (AvgIpc) is 3.38. The maximum atomic E-state index is 15.3. The van der Waals surface area contributed by atoms with Crippen molar-refractivity contribution < 1.29 is 9.50 Å². The first-order chi connectivity index (χ1) is 20.5. The fourth-order valence-electron chi connectivity index (χ4n) is 5.48. The number of anilines is 1. The molecule has 1 atom stereocenters. The monoisotopic (exact) mass is 584 g/mol. The third kappa shape index (κ3) is 4.97. The predicted octanol–water partition coefficient (Wildman–Crippen LogP) is 2.99. The zero-order valence-electron chi connectivity index (χ0n) is 24.6. The number of rotatable bonds is 4. The van der Waals surface area contributed by atoms with Gasteiger partial charge in [0, 0.05) is 42.3 Å². The van der Waals surface area contributed by atoms with Gasteiger partial charge in [-0.1, -0.05) is 32.9 Å². The molecule has 0 saturated heterocycles. The van der Waals surface area contributed by atoms with Crippen LogP contribution < -0.4 is 21.8 Å². The summed E-state index contributed by atoms with van der Waals surface area (Å²) in [5.41, 5.74) is 1.20. The molecule has 2 aromatic heterocycles.